The van der Waals surface area contributed by atoms with Gasteiger partial charge in [0, 0.05) is 12.2 Å². The van der Waals surface area contributed by atoms with E-state index in [1.165, 1.54) is 12.1 Å². The SMILES string of the molecule is Cc1ccc(S(=O)(=O)OCC(COc2ccc3nc(-c4ccc(B5OC(C)(C)C(C)(C)O5)cc4)sc3c2)OC2CCCCO2)cc1. The van der Waals surface area contributed by atoms with Gasteiger partial charge in [0.25, 0.3) is 10.1 Å². The zero-order valence-corrected chi connectivity index (χ0v) is 28.5. The smallest absolute Gasteiger partial charge is 0.491 e. The van der Waals surface area contributed by atoms with Crippen molar-refractivity contribution in [2.45, 2.75) is 82.4 Å². The second-order valence-electron chi connectivity index (χ2n) is 12.8. The van der Waals surface area contributed by atoms with Crippen LogP contribution in [0.15, 0.2) is 71.6 Å². The molecule has 2 aliphatic rings. The second kappa shape index (κ2) is 13.3. The van der Waals surface area contributed by atoms with Crippen LogP contribution in [0.25, 0.3) is 20.8 Å². The Labute approximate surface area is 275 Å². The van der Waals surface area contributed by atoms with Crippen molar-refractivity contribution in [1.82, 2.24) is 4.98 Å². The Kier molecular flexibility index (Phi) is 9.60. The Morgan fingerprint density at radius 2 is 1.67 bits per heavy atom. The van der Waals surface area contributed by atoms with Crippen molar-refractivity contribution in [3.8, 4) is 16.3 Å². The van der Waals surface area contributed by atoms with E-state index in [0.717, 1.165) is 51.1 Å². The lowest BCUT2D eigenvalue weighted by molar-refractivity contribution is -0.198. The minimum atomic E-state index is -3.96. The van der Waals surface area contributed by atoms with E-state index in [1.807, 2.05) is 77.1 Å². The van der Waals surface area contributed by atoms with Crippen LogP contribution in [0.5, 0.6) is 5.75 Å². The van der Waals surface area contributed by atoms with Crippen molar-refractivity contribution < 1.29 is 36.1 Å². The second-order valence-corrected chi connectivity index (χ2v) is 15.4. The number of nitrogens with zero attached hydrogens (tertiary/aromatic N) is 1. The maximum absolute atomic E-state index is 12.8. The fraction of sp³-hybridized carbons (Fsp3) is 0.441. The lowest BCUT2D eigenvalue weighted by atomic mass is 9.79. The molecule has 0 N–H and O–H groups in total. The quantitative estimate of drug-likeness (QED) is 0.136. The van der Waals surface area contributed by atoms with Crippen LogP contribution in [0.2, 0.25) is 0 Å². The van der Waals surface area contributed by atoms with Gasteiger partial charge < -0.3 is 23.5 Å². The maximum Gasteiger partial charge on any atom is 0.494 e. The summed E-state index contributed by atoms with van der Waals surface area (Å²) in [5.74, 6) is 0.623. The Morgan fingerprint density at radius 3 is 2.35 bits per heavy atom. The van der Waals surface area contributed by atoms with Gasteiger partial charge in [-0.05, 0) is 89.7 Å². The molecule has 0 radical (unpaired) electrons. The monoisotopic (exact) mass is 665 g/mol. The molecule has 1 aromatic heterocycles. The standard InChI is InChI=1S/C34H40BNO8S2/c1-23-9-16-28(17-10-23)46(37,38)41-22-27(42-31-8-6-7-19-39-31)21-40-26-15-18-29-30(20-26)45-32(36-29)24-11-13-25(14-12-24)35-43-33(2,3)34(4,5)44-35/h9-18,20,27,31H,6-8,19,21-22H2,1-5H3. The van der Waals surface area contributed by atoms with E-state index < -0.39 is 40.8 Å². The zero-order valence-electron chi connectivity index (χ0n) is 26.9. The molecule has 2 aliphatic heterocycles. The van der Waals surface area contributed by atoms with Gasteiger partial charge in [0.1, 0.15) is 23.5 Å². The van der Waals surface area contributed by atoms with Crippen LogP contribution in [0.3, 0.4) is 0 Å². The molecule has 2 unspecified atom stereocenters. The number of aromatic nitrogens is 1. The topological polar surface area (TPSA) is 102 Å². The first-order valence-electron chi connectivity index (χ1n) is 15.6. The first-order valence-corrected chi connectivity index (χ1v) is 17.8. The Hall–Kier alpha value is -2.84. The van der Waals surface area contributed by atoms with Crippen LogP contribution >= 0.6 is 11.3 Å². The van der Waals surface area contributed by atoms with E-state index in [4.69, 9.17) is 32.7 Å². The molecule has 244 valence electrons. The molecule has 0 bridgehead atoms. The Bertz CT molecular complexity index is 1730. The average molecular weight is 666 g/mol. The van der Waals surface area contributed by atoms with Gasteiger partial charge in [-0.15, -0.1) is 11.3 Å². The molecule has 2 atom stereocenters. The third-order valence-electron chi connectivity index (χ3n) is 8.68. The van der Waals surface area contributed by atoms with Gasteiger partial charge in [0.05, 0.1) is 32.9 Å². The molecule has 2 saturated heterocycles. The minimum Gasteiger partial charge on any atom is -0.491 e. The van der Waals surface area contributed by atoms with Crippen molar-refractivity contribution in [3.05, 3.63) is 72.3 Å². The number of aryl methyl sites for hydroxylation is 1. The third-order valence-corrected chi connectivity index (χ3v) is 11.0. The average Bonchev–Trinajstić information content (AvgIpc) is 3.55. The predicted molar refractivity (Wildman–Crippen MR) is 179 cm³/mol. The molecule has 2 fully saturated rings. The molecule has 0 saturated carbocycles. The fourth-order valence-corrected chi connectivity index (χ4v) is 7.10. The van der Waals surface area contributed by atoms with E-state index in [-0.39, 0.29) is 18.1 Å². The summed E-state index contributed by atoms with van der Waals surface area (Å²) in [7, 11) is -4.38. The summed E-state index contributed by atoms with van der Waals surface area (Å²) in [6.45, 7) is 10.6. The van der Waals surface area contributed by atoms with Gasteiger partial charge in [0.2, 0.25) is 0 Å². The molecule has 3 heterocycles. The number of fused-ring (bicyclic) bond motifs is 1. The van der Waals surface area contributed by atoms with Gasteiger partial charge in [-0.2, -0.15) is 8.42 Å². The molecule has 0 spiro atoms. The maximum atomic E-state index is 12.8. The van der Waals surface area contributed by atoms with Crippen LogP contribution < -0.4 is 10.2 Å². The molecular weight excluding hydrogens is 625 g/mol. The van der Waals surface area contributed by atoms with Gasteiger partial charge >= 0.3 is 7.12 Å². The molecule has 0 aliphatic carbocycles. The number of rotatable bonds is 11. The van der Waals surface area contributed by atoms with Crippen molar-refractivity contribution in [2.75, 3.05) is 19.8 Å². The summed E-state index contributed by atoms with van der Waals surface area (Å²) >= 11 is 1.57. The summed E-state index contributed by atoms with van der Waals surface area (Å²) in [6.07, 6.45) is 1.58. The van der Waals surface area contributed by atoms with Crippen molar-refractivity contribution in [2.24, 2.45) is 0 Å². The summed E-state index contributed by atoms with van der Waals surface area (Å²) in [6, 6.07) is 20.4. The largest absolute Gasteiger partial charge is 0.494 e. The number of thiazole rings is 1. The van der Waals surface area contributed by atoms with E-state index >= 15 is 0 Å². The summed E-state index contributed by atoms with van der Waals surface area (Å²) < 4.78 is 62.5. The molecule has 6 rings (SSSR count). The van der Waals surface area contributed by atoms with Crippen molar-refractivity contribution in [3.63, 3.8) is 0 Å². The highest BCUT2D eigenvalue weighted by Crippen LogP contribution is 2.37. The molecular formula is C34H40BNO8S2. The molecule has 0 amide bonds. The fourth-order valence-electron chi connectivity index (χ4n) is 5.17. The van der Waals surface area contributed by atoms with Crippen LogP contribution in [0.1, 0.15) is 52.5 Å². The van der Waals surface area contributed by atoms with Crippen molar-refractivity contribution in [1.29, 1.82) is 0 Å². The first-order chi connectivity index (χ1) is 21.9. The lowest BCUT2D eigenvalue weighted by Crippen LogP contribution is -2.41. The van der Waals surface area contributed by atoms with Gasteiger partial charge in [-0.1, -0.05) is 42.0 Å². The summed E-state index contributed by atoms with van der Waals surface area (Å²) in [4.78, 5) is 4.93. The van der Waals surface area contributed by atoms with Crippen LogP contribution in [-0.4, -0.2) is 63.9 Å². The Morgan fingerprint density at radius 1 is 0.957 bits per heavy atom. The molecule has 9 nitrogen and oxygen atoms in total. The van der Waals surface area contributed by atoms with Crippen molar-refractivity contribution >= 4 is 44.3 Å². The minimum absolute atomic E-state index is 0.0842. The number of hydrogen-bond donors (Lipinski definition) is 0. The number of benzene rings is 3. The predicted octanol–water partition coefficient (Wildman–Crippen LogP) is 6.27. The molecule has 4 aromatic rings. The first kappa shape index (κ1) is 33.1. The lowest BCUT2D eigenvalue weighted by Gasteiger charge is -2.32. The molecule has 46 heavy (non-hydrogen) atoms. The van der Waals surface area contributed by atoms with E-state index in [0.29, 0.717) is 12.4 Å². The molecule has 3 aromatic carbocycles. The van der Waals surface area contributed by atoms with Crippen LogP contribution in [0, 0.1) is 6.92 Å². The molecule has 12 heteroatoms. The van der Waals surface area contributed by atoms with E-state index in [2.05, 4.69) is 0 Å². The zero-order chi connectivity index (χ0) is 32.5. The van der Waals surface area contributed by atoms with E-state index in [9.17, 15) is 8.42 Å². The number of hydrogen-bond acceptors (Lipinski definition) is 10. The normalized spacial score (nSPS) is 20.2. The van der Waals surface area contributed by atoms with E-state index in [1.54, 1.807) is 23.5 Å². The summed E-state index contributed by atoms with van der Waals surface area (Å²) in [5, 5.41) is 0.887. The highest BCUT2D eigenvalue weighted by atomic mass is 32.2. The highest BCUT2D eigenvalue weighted by molar-refractivity contribution is 7.86. The van der Waals surface area contributed by atoms with Crippen LogP contribution in [-0.2, 0) is 33.1 Å². The van der Waals surface area contributed by atoms with Gasteiger partial charge in [-0.25, -0.2) is 4.98 Å². The van der Waals surface area contributed by atoms with Gasteiger partial charge in [0.15, 0.2) is 6.29 Å². The van der Waals surface area contributed by atoms with Crippen LogP contribution in [0.4, 0.5) is 0 Å². The summed E-state index contributed by atoms with van der Waals surface area (Å²) in [5.41, 5.74) is 2.99. The Balaban J connectivity index is 1.12. The third kappa shape index (κ3) is 7.49. The number of ether oxygens (including phenoxy) is 3. The van der Waals surface area contributed by atoms with Gasteiger partial charge in [-0.3, -0.25) is 4.18 Å². The highest BCUT2D eigenvalue weighted by Gasteiger charge is 2.51.